The molecule has 2 rings (SSSR count). The summed E-state index contributed by atoms with van der Waals surface area (Å²) in [5.74, 6) is -0.812. The molecule has 11 heteroatoms. The van der Waals surface area contributed by atoms with Crippen LogP contribution in [0.1, 0.15) is 31.3 Å². The molecular weight excluding hydrogens is 350 g/mol. The van der Waals surface area contributed by atoms with Gasteiger partial charge in [0, 0.05) is 5.38 Å². The number of aromatic nitrogens is 3. The van der Waals surface area contributed by atoms with Crippen LogP contribution in [-0.2, 0) is 20.7 Å². The zero-order chi connectivity index (χ0) is 18.6. The molecule has 1 amide bonds. The second-order valence-corrected chi connectivity index (χ2v) is 5.99. The third kappa shape index (κ3) is 4.59. The zero-order valence-corrected chi connectivity index (χ0v) is 14.7. The normalized spacial score (nSPS) is 11.8. The highest BCUT2D eigenvalue weighted by Gasteiger charge is 2.23. The Hall–Kier alpha value is -2.82. The van der Waals surface area contributed by atoms with E-state index in [4.69, 9.17) is 4.74 Å². The Kier molecular flexibility index (Phi) is 5.80. The largest absolute Gasteiger partial charge is 0.466 e. The molecule has 134 valence electrons. The highest BCUT2D eigenvalue weighted by atomic mass is 32.1. The molecule has 0 saturated carbocycles. The molecule has 25 heavy (non-hydrogen) atoms. The van der Waals surface area contributed by atoms with Crippen LogP contribution < -0.4 is 5.32 Å². The third-order valence-electron chi connectivity index (χ3n) is 3.28. The van der Waals surface area contributed by atoms with Crippen molar-refractivity contribution in [1.29, 1.82) is 0 Å². The fourth-order valence-corrected chi connectivity index (χ4v) is 2.70. The summed E-state index contributed by atoms with van der Waals surface area (Å²) in [6.45, 7) is 5.08. The smallest absolute Gasteiger partial charge is 0.311 e. The summed E-state index contributed by atoms with van der Waals surface area (Å²) >= 11 is 1.18. The van der Waals surface area contributed by atoms with E-state index in [2.05, 4.69) is 15.4 Å². The van der Waals surface area contributed by atoms with Crippen molar-refractivity contribution in [2.75, 3.05) is 11.9 Å². The van der Waals surface area contributed by atoms with Crippen LogP contribution in [0.3, 0.4) is 0 Å². The Morgan fingerprint density at radius 3 is 2.84 bits per heavy atom. The molecule has 0 aliphatic heterocycles. The molecule has 0 saturated heterocycles. The van der Waals surface area contributed by atoms with E-state index in [1.165, 1.54) is 29.1 Å². The number of hydrogen-bond acceptors (Lipinski definition) is 8. The average molecular weight is 367 g/mol. The lowest BCUT2D eigenvalue weighted by Gasteiger charge is -2.10. The monoisotopic (exact) mass is 367 g/mol. The van der Waals surface area contributed by atoms with E-state index in [1.54, 1.807) is 19.2 Å². The van der Waals surface area contributed by atoms with Gasteiger partial charge in [-0.1, -0.05) is 0 Å². The van der Waals surface area contributed by atoms with Crippen molar-refractivity contribution in [1.82, 2.24) is 14.8 Å². The number of nitrogens with zero attached hydrogens (tertiary/aromatic N) is 4. The molecule has 1 N–H and O–H groups in total. The maximum Gasteiger partial charge on any atom is 0.311 e. The van der Waals surface area contributed by atoms with Gasteiger partial charge in [0.15, 0.2) is 5.13 Å². The predicted octanol–water partition coefficient (Wildman–Crippen LogP) is 1.86. The predicted molar refractivity (Wildman–Crippen MR) is 89.4 cm³/mol. The molecule has 2 heterocycles. The molecule has 0 aromatic carbocycles. The molecule has 10 nitrogen and oxygen atoms in total. The maximum atomic E-state index is 12.3. The van der Waals surface area contributed by atoms with Crippen LogP contribution in [0.25, 0.3) is 0 Å². The molecule has 2 aromatic rings. The van der Waals surface area contributed by atoms with Gasteiger partial charge in [-0.05, 0) is 20.8 Å². The van der Waals surface area contributed by atoms with Gasteiger partial charge in [0.2, 0.25) is 0 Å². The Morgan fingerprint density at radius 1 is 1.52 bits per heavy atom. The third-order valence-corrected chi connectivity index (χ3v) is 4.08. The molecule has 0 spiro atoms. The first-order chi connectivity index (χ1) is 11.8. The number of nitrogens with one attached hydrogen (secondary N) is 1. The van der Waals surface area contributed by atoms with E-state index in [0.29, 0.717) is 17.4 Å². The maximum absolute atomic E-state index is 12.3. The van der Waals surface area contributed by atoms with Crippen molar-refractivity contribution < 1.29 is 19.2 Å². The van der Waals surface area contributed by atoms with Crippen LogP contribution in [0.5, 0.6) is 0 Å². The Balaban J connectivity index is 2.02. The van der Waals surface area contributed by atoms with E-state index in [0.717, 1.165) is 0 Å². The van der Waals surface area contributed by atoms with Crippen LogP contribution in [-0.4, -0.2) is 38.2 Å². The van der Waals surface area contributed by atoms with Gasteiger partial charge in [0.25, 0.3) is 5.91 Å². The standard InChI is InChI=1S/C14H17N5O5S/c1-4-24-12(20)5-10-7-25-14(15-10)16-13(21)9(3)18-6-11(19(22)23)8(2)17-18/h6-7,9H,4-5H2,1-3H3,(H,15,16,21). The SMILES string of the molecule is CCOC(=O)Cc1csc(NC(=O)C(C)n2cc([N+](=O)[O-])c(C)n2)n1. The second-order valence-electron chi connectivity index (χ2n) is 5.13. The number of aryl methyl sites for hydroxylation is 1. The molecule has 0 bridgehead atoms. The molecule has 1 unspecified atom stereocenters. The molecule has 0 fully saturated rings. The molecule has 0 radical (unpaired) electrons. The minimum absolute atomic E-state index is 0.0281. The highest BCUT2D eigenvalue weighted by molar-refractivity contribution is 7.13. The van der Waals surface area contributed by atoms with Gasteiger partial charge in [0.05, 0.1) is 23.6 Å². The van der Waals surface area contributed by atoms with Gasteiger partial charge in [-0.15, -0.1) is 11.3 Å². The van der Waals surface area contributed by atoms with Crippen molar-refractivity contribution in [3.05, 3.63) is 33.1 Å². The highest BCUT2D eigenvalue weighted by Crippen LogP contribution is 2.21. The minimum Gasteiger partial charge on any atom is -0.466 e. The van der Waals surface area contributed by atoms with Crippen molar-refractivity contribution in [3.63, 3.8) is 0 Å². The van der Waals surface area contributed by atoms with Crippen molar-refractivity contribution in [2.24, 2.45) is 0 Å². The van der Waals surface area contributed by atoms with Crippen LogP contribution >= 0.6 is 11.3 Å². The van der Waals surface area contributed by atoms with Gasteiger partial charge >= 0.3 is 11.7 Å². The average Bonchev–Trinajstić information content (AvgIpc) is 3.13. The summed E-state index contributed by atoms with van der Waals surface area (Å²) in [4.78, 5) is 38.1. The number of thiazole rings is 1. The van der Waals surface area contributed by atoms with Gasteiger partial charge in [-0.2, -0.15) is 5.10 Å². The number of anilines is 1. The first kappa shape index (κ1) is 18.5. The zero-order valence-electron chi connectivity index (χ0n) is 13.9. The number of rotatable bonds is 7. The van der Waals surface area contributed by atoms with E-state index in [9.17, 15) is 19.7 Å². The number of hydrogen-bond donors (Lipinski definition) is 1. The molecule has 0 aliphatic rings. The summed E-state index contributed by atoms with van der Waals surface area (Å²) in [7, 11) is 0. The molecule has 2 aromatic heterocycles. The van der Waals surface area contributed by atoms with E-state index < -0.39 is 22.8 Å². The number of amides is 1. The van der Waals surface area contributed by atoms with Crippen molar-refractivity contribution >= 4 is 34.0 Å². The van der Waals surface area contributed by atoms with E-state index >= 15 is 0 Å². The van der Waals surface area contributed by atoms with Gasteiger partial charge < -0.3 is 10.1 Å². The Labute approximate surface area is 147 Å². The lowest BCUT2D eigenvalue weighted by atomic mass is 10.3. The summed E-state index contributed by atoms with van der Waals surface area (Å²) in [5.41, 5.74) is 0.582. The van der Waals surface area contributed by atoms with Crippen LogP contribution in [0.15, 0.2) is 11.6 Å². The number of esters is 1. The number of carbonyl (C=O) groups excluding carboxylic acids is 2. The second kappa shape index (κ2) is 7.83. The molecule has 1 atom stereocenters. The quantitative estimate of drug-likeness (QED) is 0.449. The van der Waals surface area contributed by atoms with Gasteiger partial charge in [-0.25, -0.2) is 4.98 Å². The molecule has 0 aliphatic carbocycles. The fraction of sp³-hybridized carbons (Fsp3) is 0.429. The number of carbonyl (C=O) groups is 2. The fourth-order valence-electron chi connectivity index (χ4n) is 1.99. The van der Waals surface area contributed by atoms with Crippen LogP contribution in [0.4, 0.5) is 10.8 Å². The Bertz CT molecular complexity index is 799. The van der Waals surface area contributed by atoms with Crippen LogP contribution in [0.2, 0.25) is 0 Å². The Morgan fingerprint density at radius 2 is 2.24 bits per heavy atom. The summed E-state index contributed by atoms with van der Waals surface area (Å²) in [5, 5.41) is 19.4. The topological polar surface area (TPSA) is 129 Å². The summed E-state index contributed by atoms with van der Waals surface area (Å²) < 4.78 is 6.07. The van der Waals surface area contributed by atoms with E-state index in [-0.39, 0.29) is 17.8 Å². The van der Waals surface area contributed by atoms with Gasteiger partial charge in [-0.3, -0.25) is 24.4 Å². The summed E-state index contributed by atoms with van der Waals surface area (Å²) in [6.07, 6.45) is 1.24. The first-order valence-corrected chi connectivity index (χ1v) is 8.30. The van der Waals surface area contributed by atoms with Crippen molar-refractivity contribution in [2.45, 2.75) is 33.2 Å². The van der Waals surface area contributed by atoms with Crippen molar-refractivity contribution in [3.8, 4) is 0 Å². The first-order valence-electron chi connectivity index (χ1n) is 7.42. The van der Waals surface area contributed by atoms with E-state index in [1.807, 2.05) is 0 Å². The lowest BCUT2D eigenvalue weighted by Crippen LogP contribution is -2.24. The summed E-state index contributed by atoms with van der Waals surface area (Å²) in [6, 6.07) is -0.759. The van der Waals surface area contributed by atoms with Crippen LogP contribution in [0, 0.1) is 17.0 Å². The lowest BCUT2D eigenvalue weighted by molar-refractivity contribution is -0.385. The number of nitro groups is 1. The minimum atomic E-state index is -0.759. The van der Waals surface area contributed by atoms with Gasteiger partial charge in [0.1, 0.15) is 17.9 Å². The molecular formula is C14H17N5O5S. The number of ether oxygens (including phenoxy) is 1.